The number of fused-ring (bicyclic) bond motifs is 1. The highest BCUT2D eigenvalue weighted by atomic mass is 35.5. The number of carbonyl (C=O) groups is 1. The summed E-state index contributed by atoms with van der Waals surface area (Å²) in [5.74, 6) is -0.484. The number of thiazole rings is 1. The van der Waals surface area contributed by atoms with Crippen LogP contribution in [0.25, 0.3) is 10.2 Å². The van der Waals surface area contributed by atoms with Crippen LogP contribution in [-0.2, 0) is 4.74 Å². The highest BCUT2D eigenvalue weighted by Crippen LogP contribution is 2.30. The van der Waals surface area contributed by atoms with Crippen LogP contribution in [-0.4, -0.2) is 60.3 Å². The molecule has 1 aliphatic heterocycles. The molecule has 2 aromatic heterocycles. The predicted octanol–water partition coefficient (Wildman–Crippen LogP) is 2.82. The van der Waals surface area contributed by atoms with Crippen LogP contribution < -0.4 is 4.90 Å². The molecule has 1 fully saturated rings. The number of hydrogen-bond acceptors (Lipinski definition) is 7. The fourth-order valence-corrected chi connectivity index (χ4v) is 3.83. The Bertz CT molecular complexity index is 899. The molecule has 0 atom stereocenters. The quantitative estimate of drug-likeness (QED) is 0.641. The van der Waals surface area contributed by atoms with Crippen LogP contribution in [0.2, 0.25) is 0 Å². The monoisotopic (exact) mass is 412 g/mol. The first-order valence-electron chi connectivity index (χ1n) is 8.29. The number of aromatic nitrogens is 2. The molecule has 1 aliphatic rings. The Morgan fingerprint density at radius 1 is 1.30 bits per heavy atom. The zero-order chi connectivity index (χ0) is 17.9. The highest BCUT2D eigenvalue weighted by Gasteiger charge is 2.25. The topological polar surface area (TPSA) is 71.7 Å². The molecule has 0 radical (unpaired) electrons. The second kappa shape index (κ2) is 8.75. The molecule has 4 rings (SSSR count). The number of morpholine rings is 1. The molecule has 0 bridgehead atoms. The van der Waals surface area contributed by atoms with E-state index in [9.17, 15) is 9.18 Å². The number of carbonyl (C=O) groups excluding carboxylic acids is 1. The van der Waals surface area contributed by atoms with E-state index in [1.54, 1.807) is 11.0 Å². The molecule has 10 heteroatoms. The third-order valence-corrected chi connectivity index (χ3v) is 5.25. The van der Waals surface area contributed by atoms with Gasteiger partial charge in [-0.25, -0.2) is 9.37 Å². The number of rotatable bonds is 5. The van der Waals surface area contributed by atoms with Crippen LogP contribution in [0.4, 0.5) is 9.52 Å². The Hall–Kier alpha value is -2.07. The zero-order valence-electron chi connectivity index (χ0n) is 14.3. The Kier molecular flexibility index (Phi) is 6.38. The van der Waals surface area contributed by atoms with Gasteiger partial charge in [-0.3, -0.25) is 14.6 Å². The van der Waals surface area contributed by atoms with Gasteiger partial charge in [-0.2, -0.15) is 0 Å². The minimum atomic E-state index is -0.325. The van der Waals surface area contributed by atoms with Crippen molar-refractivity contribution < 1.29 is 18.4 Å². The largest absolute Gasteiger partial charge is 0.379 e. The Balaban J connectivity index is 0.00000210. The molecule has 27 heavy (non-hydrogen) atoms. The first kappa shape index (κ1) is 19.7. The van der Waals surface area contributed by atoms with E-state index in [1.165, 1.54) is 35.7 Å². The van der Waals surface area contributed by atoms with Gasteiger partial charge < -0.3 is 9.26 Å². The number of anilines is 1. The van der Waals surface area contributed by atoms with Gasteiger partial charge in [0.15, 0.2) is 5.13 Å². The molecule has 0 N–H and O–H groups in total. The van der Waals surface area contributed by atoms with Crippen LogP contribution in [0.5, 0.6) is 0 Å². The van der Waals surface area contributed by atoms with E-state index >= 15 is 0 Å². The maximum absolute atomic E-state index is 13.5. The summed E-state index contributed by atoms with van der Waals surface area (Å²) >= 11 is 1.28. The van der Waals surface area contributed by atoms with E-state index in [0.29, 0.717) is 41.7 Å². The van der Waals surface area contributed by atoms with Crippen molar-refractivity contribution in [3.8, 4) is 0 Å². The van der Waals surface area contributed by atoms with E-state index in [1.807, 2.05) is 0 Å². The van der Waals surface area contributed by atoms with E-state index in [4.69, 9.17) is 9.26 Å². The van der Waals surface area contributed by atoms with Gasteiger partial charge in [0.1, 0.15) is 5.82 Å². The van der Waals surface area contributed by atoms with E-state index in [0.717, 1.165) is 13.1 Å². The maximum Gasteiger partial charge on any atom is 0.298 e. The first-order valence-corrected chi connectivity index (χ1v) is 9.11. The van der Waals surface area contributed by atoms with Crippen LogP contribution >= 0.6 is 23.7 Å². The van der Waals surface area contributed by atoms with Crippen molar-refractivity contribution in [2.45, 2.75) is 0 Å². The number of benzene rings is 1. The second-order valence-corrected chi connectivity index (χ2v) is 6.91. The standard InChI is InChI=1S/C17H17FN4O3S.ClH/c18-12-1-2-13-15(11-12)26-17(20-13)22(16(23)14-3-4-19-25-14)6-5-21-7-9-24-10-8-21;/h1-4,11H,5-10H2;1H. The van der Waals surface area contributed by atoms with Gasteiger partial charge in [0, 0.05) is 32.2 Å². The van der Waals surface area contributed by atoms with Gasteiger partial charge in [0.2, 0.25) is 5.76 Å². The molecule has 7 nitrogen and oxygen atoms in total. The summed E-state index contributed by atoms with van der Waals surface area (Å²) in [5, 5.41) is 4.12. The van der Waals surface area contributed by atoms with Crippen molar-refractivity contribution in [2.75, 3.05) is 44.3 Å². The Labute approximate surface area is 165 Å². The minimum absolute atomic E-state index is 0. The molecular weight excluding hydrogens is 395 g/mol. The van der Waals surface area contributed by atoms with Gasteiger partial charge in [-0.05, 0) is 18.2 Å². The van der Waals surface area contributed by atoms with Gasteiger partial charge in [0.05, 0.1) is 29.6 Å². The fourth-order valence-electron chi connectivity index (χ4n) is 2.81. The molecule has 0 unspecified atom stereocenters. The van der Waals surface area contributed by atoms with E-state index in [-0.39, 0.29) is 29.9 Å². The SMILES string of the molecule is Cl.O=C(c1ccno1)N(CCN1CCOCC1)c1nc2ccc(F)cc2s1. The summed E-state index contributed by atoms with van der Waals surface area (Å²) in [4.78, 5) is 21.2. The van der Waals surface area contributed by atoms with Gasteiger partial charge in [-0.15, -0.1) is 12.4 Å². The molecule has 144 valence electrons. The number of halogens is 2. The van der Waals surface area contributed by atoms with Crippen molar-refractivity contribution in [1.82, 2.24) is 15.0 Å². The summed E-state index contributed by atoms with van der Waals surface area (Å²) in [6.07, 6.45) is 1.43. The molecule has 1 saturated heterocycles. The van der Waals surface area contributed by atoms with Gasteiger partial charge in [0.25, 0.3) is 5.91 Å². The molecule has 1 aromatic carbocycles. The lowest BCUT2D eigenvalue weighted by Gasteiger charge is -2.28. The lowest BCUT2D eigenvalue weighted by atomic mass is 10.3. The zero-order valence-corrected chi connectivity index (χ0v) is 16.0. The number of nitrogens with zero attached hydrogens (tertiary/aromatic N) is 4. The molecular formula is C17H18ClFN4O3S. The third-order valence-electron chi connectivity index (χ3n) is 4.21. The summed E-state index contributed by atoms with van der Waals surface area (Å²) in [6.45, 7) is 4.17. The van der Waals surface area contributed by atoms with Crippen molar-refractivity contribution >= 4 is 45.0 Å². The molecule has 0 aliphatic carbocycles. The summed E-state index contributed by atoms with van der Waals surface area (Å²) in [6, 6.07) is 5.93. The normalized spacial score (nSPS) is 14.9. The van der Waals surface area contributed by atoms with Crippen LogP contribution in [0.3, 0.4) is 0 Å². The van der Waals surface area contributed by atoms with Crippen molar-refractivity contribution in [2.24, 2.45) is 0 Å². The lowest BCUT2D eigenvalue weighted by Crippen LogP contribution is -2.43. The number of amides is 1. The molecule has 3 aromatic rings. The summed E-state index contributed by atoms with van der Waals surface area (Å²) < 4.78 is 24.6. The van der Waals surface area contributed by atoms with E-state index in [2.05, 4.69) is 15.0 Å². The van der Waals surface area contributed by atoms with Crippen LogP contribution in [0.1, 0.15) is 10.6 Å². The van der Waals surface area contributed by atoms with E-state index < -0.39 is 0 Å². The minimum Gasteiger partial charge on any atom is -0.379 e. The lowest BCUT2D eigenvalue weighted by molar-refractivity contribution is 0.0390. The Morgan fingerprint density at radius 3 is 2.85 bits per heavy atom. The van der Waals surface area contributed by atoms with Crippen molar-refractivity contribution in [3.05, 3.63) is 42.0 Å². The average Bonchev–Trinajstić information content (AvgIpc) is 3.32. The molecule has 0 spiro atoms. The smallest absolute Gasteiger partial charge is 0.298 e. The highest BCUT2D eigenvalue weighted by molar-refractivity contribution is 7.22. The van der Waals surface area contributed by atoms with Gasteiger partial charge >= 0.3 is 0 Å². The summed E-state index contributed by atoms with van der Waals surface area (Å²) in [5.41, 5.74) is 0.660. The maximum atomic E-state index is 13.5. The predicted molar refractivity (Wildman–Crippen MR) is 102 cm³/mol. The number of ether oxygens (including phenoxy) is 1. The fraction of sp³-hybridized carbons (Fsp3) is 0.353. The molecule has 1 amide bonds. The molecule has 3 heterocycles. The van der Waals surface area contributed by atoms with Crippen LogP contribution in [0.15, 0.2) is 35.0 Å². The van der Waals surface area contributed by atoms with Crippen LogP contribution in [0, 0.1) is 5.82 Å². The number of hydrogen-bond donors (Lipinski definition) is 0. The van der Waals surface area contributed by atoms with Crippen molar-refractivity contribution in [1.29, 1.82) is 0 Å². The summed E-state index contributed by atoms with van der Waals surface area (Å²) in [7, 11) is 0. The third kappa shape index (κ3) is 4.44. The average molecular weight is 413 g/mol. The molecule has 0 saturated carbocycles. The van der Waals surface area contributed by atoms with Crippen molar-refractivity contribution in [3.63, 3.8) is 0 Å². The first-order chi connectivity index (χ1) is 12.7. The Morgan fingerprint density at radius 2 is 2.11 bits per heavy atom. The van der Waals surface area contributed by atoms with Gasteiger partial charge in [-0.1, -0.05) is 16.5 Å². The second-order valence-electron chi connectivity index (χ2n) is 5.90.